The van der Waals surface area contributed by atoms with Gasteiger partial charge in [0.15, 0.2) is 0 Å². The third kappa shape index (κ3) is 0.961. The number of thioether (sulfide) groups is 1. The smallest absolute Gasteiger partial charge is 0.0766 e. The second-order valence-electron chi connectivity index (χ2n) is 5.67. The fourth-order valence-electron chi connectivity index (χ4n) is 3.59. The lowest BCUT2D eigenvalue weighted by atomic mass is 9.59. The second-order valence-corrected chi connectivity index (χ2v) is 7.08. The van der Waals surface area contributed by atoms with E-state index in [9.17, 15) is 10.2 Å². The highest BCUT2D eigenvalue weighted by Crippen LogP contribution is 2.61. The molecule has 3 heteroatoms. The Labute approximate surface area is 89.1 Å². The Bertz CT molecular complexity index is 214. The Kier molecular flexibility index (Phi) is 1.70. The minimum absolute atomic E-state index is 0.366. The summed E-state index contributed by atoms with van der Waals surface area (Å²) in [6.45, 7) is 3.98. The number of hydrogen-bond acceptors (Lipinski definition) is 3. The van der Waals surface area contributed by atoms with Gasteiger partial charge in [0.2, 0.25) is 0 Å². The maximum Gasteiger partial charge on any atom is 0.0766 e. The van der Waals surface area contributed by atoms with Crippen molar-refractivity contribution in [2.24, 2.45) is 11.8 Å². The van der Waals surface area contributed by atoms with E-state index >= 15 is 0 Å². The van der Waals surface area contributed by atoms with Gasteiger partial charge in [0.05, 0.1) is 11.2 Å². The number of aliphatic hydroxyl groups is 2. The van der Waals surface area contributed by atoms with E-state index in [0.717, 1.165) is 19.3 Å². The molecule has 0 aromatic heterocycles. The molecule has 0 radical (unpaired) electrons. The standard InChI is InChI=1S/C11H18O2S/c1-10(12)6-3-7-5-8(10)14-9(4-6)11(7,2)13/h6-9,12-13H,3-5H2,1-2H3/t6-,7-,8-,9-,10-,11+/m1/s1. The first kappa shape index (κ1) is 9.49. The first-order chi connectivity index (χ1) is 6.42. The zero-order valence-corrected chi connectivity index (χ0v) is 9.55. The van der Waals surface area contributed by atoms with Gasteiger partial charge in [-0.1, -0.05) is 0 Å². The highest BCUT2D eigenvalue weighted by atomic mass is 32.2. The predicted octanol–water partition coefficient (Wildman–Crippen LogP) is 1.40. The monoisotopic (exact) mass is 214 g/mol. The minimum Gasteiger partial charge on any atom is -0.389 e. The molecule has 0 amide bonds. The molecular formula is C11H18O2S. The Morgan fingerprint density at radius 1 is 0.929 bits per heavy atom. The van der Waals surface area contributed by atoms with E-state index in [1.807, 2.05) is 25.6 Å². The molecule has 2 aliphatic heterocycles. The van der Waals surface area contributed by atoms with Gasteiger partial charge in [-0.2, -0.15) is 0 Å². The lowest BCUT2D eigenvalue weighted by Gasteiger charge is -2.62. The molecule has 4 fully saturated rings. The lowest BCUT2D eigenvalue weighted by molar-refractivity contribution is -0.135. The Balaban J connectivity index is 1.98. The van der Waals surface area contributed by atoms with Crippen molar-refractivity contribution in [1.29, 1.82) is 0 Å². The van der Waals surface area contributed by atoms with Crippen LogP contribution in [0.5, 0.6) is 0 Å². The maximum atomic E-state index is 10.4. The molecule has 2 saturated carbocycles. The molecule has 0 spiro atoms. The van der Waals surface area contributed by atoms with Gasteiger partial charge < -0.3 is 10.2 Å². The van der Waals surface area contributed by atoms with Crippen molar-refractivity contribution in [1.82, 2.24) is 0 Å². The minimum atomic E-state index is -0.478. The summed E-state index contributed by atoms with van der Waals surface area (Å²) < 4.78 is 0. The molecule has 2 aliphatic carbocycles. The van der Waals surface area contributed by atoms with Crippen molar-refractivity contribution in [2.75, 3.05) is 0 Å². The topological polar surface area (TPSA) is 40.5 Å². The predicted molar refractivity (Wildman–Crippen MR) is 57.2 cm³/mol. The van der Waals surface area contributed by atoms with Crippen LogP contribution in [0, 0.1) is 11.8 Å². The number of rotatable bonds is 0. The average molecular weight is 214 g/mol. The summed E-state index contributed by atoms with van der Waals surface area (Å²) in [5.74, 6) is 0.857. The summed E-state index contributed by atoms with van der Waals surface area (Å²) in [4.78, 5) is 0. The molecule has 4 aliphatic rings. The van der Waals surface area contributed by atoms with Crippen molar-refractivity contribution in [3.05, 3.63) is 0 Å². The first-order valence-electron chi connectivity index (χ1n) is 5.52. The average Bonchev–Trinajstić information content (AvgIpc) is 1.98. The highest BCUT2D eigenvalue weighted by molar-refractivity contribution is 8.00. The SMILES string of the molecule is C[C@]1(O)[C@@H]2C[C@@H]3C[C@H]1S[C@H](C2)[C@]3(C)O. The molecule has 0 unspecified atom stereocenters. The van der Waals surface area contributed by atoms with Crippen LogP contribution in [-0.2, 0) is 0 Å². The van der Waals surface area contributed by atoms with E-state index in [4.69, 9.17) is 0 Å². The second kappa shape index (κ2) is 2.50. The van der Waals surface area contributed by atoms with Gasteiger partial charge in [0.1, 0.15) is 0 Å². The maximum absolute atomic E-state index is 10.4. The van der Waals surface area contributed by atoms with E-state index in [0.29, 0.717) is 22.3 Å². The van der Waals surface area contributed by atoms with E-state index < -0.39 is 11.2 Å². The van der Waals surface area contributed by atoms with Crippen molar-refractivity contribution in [2.45, 2.75) is 54.8 Å². The van der Waals surface area contributed by atoms with Crippen LogP contribution in [0.15, 0.2) is 0 Å². The molecule has 2 saturated heterocycles. The normalized spacial score (nSPS) is 66.0. The Morgan fingerprint density at radius 2 is 1.36 bits per heavy atom. The summed E-state index contributed by atoms with van der Waals surface area (Å²) in [5.41, 5.74) is -0.956. The van der Waals surface area contributed by atoms with Crippen LogP contribution >= 0.6 is 11.8 Å². The van der Waals surface area contributed by atoms with Gasteiger partial charge in [-0.3, -0.25) is 0 Å². The van der Waals surface area contributed by atoms with Crippen LogP contribution < -0.4 is 0 Å². The molecule has 0 aromatic carbocycles. The van der Waals surface area contributed by atoms with E-state index in [2.05, 4.69) is 0 Å². The zero-order valence-electron chi connectivity index (χ0n) is 8.73. The van der Waals surface area contributed by atoms with Gasteiger partial charge >= 0.3 is 0 Å². The van der Waals surface area contributed by atoms with Crippen molar-refractivity contribution in [3.63, 3.8) is 0 Å². The molecule has 6 atom stereocenters. The molecule has 4 bridgehead atoms. The summed E-state index contributed by atoms with van der Waals surface area (Å²) >= 11 is 1.82. The fourth-order valence-corrected chi connectivity index (χ4v) is 5.61. The molecule has 0 aromatic rings. The fraction of sp³-hybridized carbons (Fsp3) is 1.00. The van der Waals surface area contributed by atoms with Crippen LogP contribution in [0.4, 0.5) is 0 Å². The van der Waals surface area contributed by atoms with Crippen LogP contribution in [0.3, 0.4) is 0 Å². The Hall–Kier alpha value is 0.270. The molecule has 14 heavy (non-hydrogen) atoms. The van der Waals surface area contributed by atoms with Crippen LogP contribution in [0.25, 0.3) is 0 Å². The third-order valence-corrected chi connectivity index (χ3v) is 6.85. The summed E-state index contributed by atoms with van der Waals surface area (Å²) in [6, 6.07) is 0. The van der Waals surface area contributed by atoms with E-state index in [1.165, 1.54) is 0 Å². The van der Waals surface area contributed by atoms with Crippen molar-refractivity contribution >= 4 is 11.8 Å². The first-order valence-corrected chi connectivity index (χ1v) is 6.47. The van der Waals surface area contributed by atoms with Crippen LogP contribution in [0.1, 0.15) is 33.1 Å². The zero-order chi connectivity index (χ0) is 10.1. The summed E-state index contributed by atoms with van der Waals surface area (Å²) in [6.07, 6.45) is 3.02. The molecular weight excluding hydrogens is 196 g/mol. The van der Waals surface area contributed by atoms with Gasteiger partial charge in [0, 0.05) is 10.5 Å². The van der Waals surface area contributed by atoms with Crippen molar-refractivity contribution in [3.8, 4) is 0 Å². The molecule has 2 heterocycles. The van der Waals surface area contributed by atoms with Crippen LogP contribution in [-0.4, -0.2) is 31.9 Å². The van der Waals surface area contributed by atoms with Gasteiger partial charge in [-0.15, -0.1) is 11.8 Å². The van der Waals surface area contributed by atoms with Gasteiger partial charge in [0.25, 0.3) is 0 Å². The summed E-state index contributed by atoms with van der Waals surface area (Å²) in [7, 11) is 0. The van der Waals surface area contributed by atoms with Crippen molar-refractivity contribution < 1.29 is 10.2 Å². The van der Waals surface area contributed by atoms with E-state index in [1.54, 1.807) is 0 Å². The van der Waals surface area contributed by atoms with E-state index in [-0.39, 0.29) is 0 Å². The van der Waals surface area contributed by atoms with Gasteiger partial charge in [-0.25, -0.2) is 0 Å². The quantitative estimate of drug-likeness (QED) is 0.640. The molecule has 4 rings (SSSR count). The molecule has 2 nitrogen and oxygen atoms in total. The number of hydrogen-bond donors (Lipinski definition) is 2. The van der Waals surface area contributed by atoms with Crippen LogP contribution in [0.2, 0.25) is 0 Å². The Morgan fingerprint density at radius 3 is 1.71 bits per heavy atom. The largest absolute Gasteiger partial charge is 0.389 e. The summed E-state index contributed by atoms with van der Waals surface area (Å²) in [5, 5.41) is 21.5. The van der Waals surface area contributed by atoms with Gasteiger partial charge in [-0.05, 0) is 44.9 Å². The molecule has 80 valence electrons. The third-order valence-electron chi connectivity index (χ3n) is 4.85. The highest BCUT2D eigenvalue weighted by Gasteiger charge is 2.62. The lowest BCUT2D eigenvalue weighted by Crippen LogP contribution is -2.66. The molecule has 2 N–H and O–H groups in total.